The molecule has 3 rings (SSSR count). The smallest absolute Gasteiger partial charge is 0.339 e. The highest BCUT2D eigenvalue weighted by molar-refractivity contribution is 7.98. The molecule has 2 heterocycles. The summed E-state index contributed by atoms with van der Waals surface area (Å²) in [6, 6.07) is 8.85. The summed E-state index contributed by atoms with van der Waals surface area (Å²) in [5, 5.41) is 9.17. The molecular formula is C19H21NO5S. The summed E-state index contributed by atoms with van der Waals surface area (Å²) < 4.78 is 10.5. The number of carboxylic acids is 1. The van der Waals surface area contributed by atoms with Gasteiger partial charge in [-0.05, 0) is 24.6 Å². The summed E-state index contributed by atoms with van der Waals surface area (Å²) in [5.74, 6) is 0.117. The van der Waals surface area contributed by atoms with E-state index in [2.05, 4.69) is 0 Å². The van der Waals surface area contributed by atoms with Gasteiger partial charge in [-0.1, -0.05) is 12.1 Å². The first-order valence-corrected chi connectivity index (χ1v) is 9.38. The van der Waals surface area contributed by atoms with Crippen molar-refractivity contribution in [1.82, 2.24) is 4.90 Å². The normalized spacial score (nSPS) is 16.8. The third-order valence-electron chi connectivity index (χ3n) is 4.43. The van der Waals surface area contributed by atoms with E-state index < -0.39 is 5.97 Å². The fourth-order valence-electron chi connectivity index (χ4n) is 3.11. The summed E-state index contributed by atoms with van der Waals surface area (Å²) in [6.45, 7) is 2.09. The molecule has 6 nitrogen and oxygen atoms in total. The molecule has 7 heteroatoms. The number of hydrogen-bond acceptors (Lipinski definition) is 5. The van der Waals surface area contributed by atoms with Gasteiger partial charge in [0, 0.05) is 31.0 Å². The fourth-order valence-corrected chi connectivity index (χ4v) is 4.11. The van der Waals surface area contributed by atoms with Gasteiger partial charge in [-0.25, -0.2) is 4.79 Å². The molecule has 26 heavy (non-hydrogen) atoms. The van der Waals surface area contributed by atoms with Crippen molar-refractivity contribution in [3.05, 3.63) is 53.5 Å². The monoisotopic (exact) mass is 375 g/mol. The van der Waals surface area contributed by atoms with Gasteiger partial charge in [0.25, 0.3) is 5.91 Å². The van der Waals surface area contributed by atoms with E-state index in [4.69, 9.17) is 14.3 Å². The second-order valence-corrected chi connectivity index (χ2v) is 7.23. The zero-order valence-corrected chi connectivity index (χ0v) is 15.3. The number of furan rings is 1. The highest BCUT2D eigenvalue weighted by Crippen LogP contribution is 2.30. The lowest BCUT2D eigenvalue weighted by molar-refractivity contribution is 0.0693. The Morgan fingerprint density at radius 1 is 1.31 bits per heavy atom. The molecule has 1 saturated heterocycles. The highest BCUT2D eigenvalue weighted by atomic mass is 32.2. The van der Waals surface area contributed by atoms with Crippen LogP contribution >= 0.6 is 11.8 Å². The average molecular weight is 375 g/mol. The van der Waals surface area contributed by atoms with Crippen molar-refractivity contribution in [1.29, 1.82) is 0 Å². The third-order valence-corrected chi connectivity index (χ3v) is 5.50. The lowest BCUT2D eigenvalue weighted by Gasteiger charge is -2.18. The van der Waals surface area contributed by atoms with Crippen molar-refractivity contribution in [2.45, 2.75) is 17.1 Å². The van der Waals surface area contributed by atoms with Crippen LogP contribution in [0.15, 0.2) is 45.9 Å². The molecule has 1 amide bonds. The molecule has 0 radical (unpaired) electrons. The van der Waals surface area contributed by atoms with E-state index in [0.29, 0.717) is 36.1 Å². The van der Waals surface area contributed by atoms with Gasteiger partial charge in [0.15, 0.2) is 0 Å². The number of nitrogens with zero attached hydrogens (tertiary/aromatic N) is 1. The molecule has 1 aliphatic heterocycles. The molecule has 0 bridgehead atoms. The molecule has 1 unspecified atom stereocenters. The minimum atomic E-state index is -1.01. The van der Waals surface area contributed by atoms with Gasteiger partial charge in [-0.3, -0.25) is 4.79 Å². The number of carboxylic acid groups (broad SMARTS) is 1. The van der Waals surface area contributed by atoms with Crippen LogP contribution in [0.4, 0.5) is 0 Å². The van der Waals surface area contributed by atoms with Crippen LogP contribution in [-0.2, 0) is 10.5 Å². The van der Waals surface area contributed by atoms with E-state index in [1.807, 2.05) is 29.2 Å². The molecule has 2 aromatic rings. The van der Waals surface area contributed by atoms with E-state index in [1.54, 1.807) is 7.11 Å². The SMILES string of the molecule is COCC1CCN(C(=O)c2ccccc2SCc2occc2C(=O)O)C1. The summed E-state index contributed by atoms with van der Waals surface area (Å²) in [4.78, 5) is 26.8. The number of benzene rings is 1. The standard InChI is InChI=1S/C19H21NO5S/c1-24-11-13-6-8-20(10-13)18(21)15-4-2-3-5-17(15)26-12-16-14(19(22)23)7-9-25-16/h2-5,7,9,13H,6,8,10-12H2,1H3,(H,22,23). The molecule has 0 aliphatic carbocycles. The minimum Gasteiger partial charge on any atom is -0.478 e. The Morgan fingerprint density at radius 3 is 2.88 bits per heavy atom. The maximum atomic E-state index is 12.9. The molecule has 1 fully saturated rings. The van der Waals surface area contributed by atoms with Crippen molar-refractivity contribution in [2.24, 2.45) is 5.92 Å². The minimum absolute atomic E-state index is 0.00426. The van der Waals surface area contributed by atoms with Crippen molar-refractivity contribution in [3.63, 3.8) is 0 Å². The molecular weight excluding hydrogens is 354 g/mol. The van der Waals surface area contributed by atoms with Gasteiger partial charge in [-0.2, -0.15) is 0 Å². The van der Waals surface area contributed by atoms with Crippen molar-refractivity contribution >= 4 is 23.6 Å². The van der Waals surface area contributed by atoms with Crippen molar-refractivity contribution < 1.29 is 23.8 Å². The summed E-state index contributed by atoms with van der Waals surface area (Å²) in [7, 11) is 1.68. The van der Waals surface area contributed by atoms with Crippen LogP contribution in [0, 0.1) is 5.92 Å². The van der Waals surface area contributed by atoms with Crippen molar-refractivity contribution in [3.8, 4) is 0 Å². The number of likely N-dealkylation sites (tertiary alicyclic amines) is 1. The Balaban J connectivity index is 1.71. The van der Waals surface area contributed by atoms with E-state index in [-0.39, 0.29) is 11.5 Å². The Hall–Kier alpha value is -2.25. The van der Waals surface area contributed by atoms with Crippen LogP contribution in [0.1, 0.15) is 32.9 Å². The predicted octanol–water partition coefficient (Wildman–Crippen LogP) is 3.38. The summed E-state index contributed by atoms with van der Waals surface area (Å²) >= 11 is 1.41. The third kappa shape index (κ3) is 4.11. The molecule has 1 aromatic carbocycles. The number of amides is 1. The molecule has 1 N–H and O–H groups in total. The van der Waals surface area contributed by atoms with E-state index in [0.717, 1.165) is 17.9 Å². The summed E-state index contributed by atoms with van der Waals surface area (Å²) in [5.41, 5.74) is 0.794. The molecule has 1 aromatic heterocycles. The van der Waals surface area contributed by atoms with Crippen LogP contribution in [0.5, 0.6) is 0 Å². The molecule has 0 spiro atoms. The number of hydrogen-bond donors (Lipinski definition) is 1. The zero-order valence-electron chi connectivity index (χ0n) is 14.5. The van der Waals surface area contributed by atoms with E-state index in [1.165, 1.54) is 24.1 Å². The van der Waals surface area contributed by atoms with E-state index in [9.17, 15) is 9.59 Å². The van der Waals surface area contributed by atoms with Crippen molar-refractivity contribution in [2.75, 3.05) is 26.8 Å². The Morgan fingerprint density at radius 2 is 2.12 bits per heavy atom. The lowest BCUT2D eigenvalue weighted by atomic mass is 10.1. The predicted molar refractivity (Wildman–Crippen MR) is 97.6 cm³/mol. The quantitative estimate of drug-likeness (QED) is 0.748. The van der Waals surface area contributed by atoms with Crippen LogP contribution in [0.2, 0.25) is 0 Å². The first kappa shape index (κ1) is 18.5. The van der Waals surface area contributed by atoms with Gasteiger partial charge in [0.1, 0.15) is 11.3 Å². The Bertz CT molecular complexity index is 788. The first-order chi connectivity index (χ1) is 12.6. The largest absolute Gasteiger partial charge is 0.478 e. The Labute approximate surface area is 156 Å². The van der Waals surface area contributed by atoms with Crippen LogP contribution < -0.4 is 0 Å². The van der Waals surface area contributed by atoms with Gasteiger partial charge in [0.2, 0.25) is 0 Å². The summed E-state index contributed by atoms with van der Waals surface area (Å²) in [6.07, 6.45) is 2.32. The maximum Gasteiger partial charge on any atom is 0.339 e. The topological polar surface area (TPSA) is 80.0 Å². The lowest BCUT2D eigenvalue weighted by Crippen LogP contribution is -2.29. The molecule has 0 saturated carbocycles. The number of rotatable bonds is 7. The molecule has 1 atom stereocenters. The van der Waals surface area contributed by atoms with Crippen LogP contribution in [-0.4, -0.2) is 48.7 Å². The number of carbonyl (C=O) groups is 2. The second-order valence-electron chi connectivity index (χ2n) is 6.21. The van der Waals surface area contributed by atoms with Gasteiger partial charge >= 0.3 is 5.97 Å². The first-order valence-electron chi connectivity index (χ1n) is 8.40. The highest BCUT2D eigenvalue weighted by Gasteiger charge is 2.28. The fraction of sp³-hybridized carbons (Fsp3) is 0.368. The maximum absolute atomic E-state index is 12.9. The average Bonchev–Trinajstić information content (AvgIpc) is 3.29. The zero-order chi connectivity index (χ0) is 18.5. The number of methoxy groups -OCH3 is 1. The van der Waals surface area contributed by atoms with Crippen LogP contribution in [0.25, 0.3) is 0 Å². The number of thioether (sulfide) groups is 1. The van der Waals surface area contributed by atoms with Gasteiger partial charge < -0.3 is 19.2 Å². The second kappa shape index (κ2) is 8.42. The molecule has 138 valence electrons. The Kier molecular flexibility index (Phi) is 6.00. The van der Waals surface area contributed by atoms with Crippen LogP contribution in [0.3, 0.4) is 0 Å². The van der Waals surface area contributed by atoms with Gasteiger partial charge in [0.05, 0.1) is 24.2 Å². The van der Waals surface area contributed by atoms with E-state index >= 15 is 0 Å². The number of ether oxygens (including phenoxy) is 1. The van der Waals surface area contributed by atoms with Gasteiger partial charge in [-0.15, -0.1) is 11.8 Å². The number of carbonyl (C=O) groups excluding carboxylic acids is 1. The number of aromatic carboxylic acids is 1. The molecule has 1 aliphatic rings.